The number of carbonyl (C=O) groups excluding carboxylic acids is 2. The Morgan fingerprint density at radius 2 is 1.70 bits per heavy atom. The molecule has 11 nitrogen and oxygen atoms in total. The van der Waals surface area contributed by atoms with Crippen LogP contribution in [-0.2, 0) is 31.8 Å². The number of ether oxygens (including phenoxy) is 1. The first-order chi connectivity index (χ1) is 13.4. The number of aromatic amines is 1. The van der Waals surface area contributed by atoms with Gasteiger partial charge in [-0.1, -0.05) is 14.4 Å². The Balaban J connectivity index is 0. The van der Waals surface area contributed by atoms with Gasteiger partial charge in [0.05, 0.1) is 6.61 Å². The SMILES string of the molecule is C.CCN.CCOC(=O)CC(=O)C1CC1.Cn1[nH]c(C2CC2)cc1=O.O=S(=O)(O)O. The van der Waals surface area contributed by atoms with Crippen molar-refractivity contribution in [2.45, 2.75) is 59.3 Å². The molecular weight excluding hydrogens is 418 g/mol. The smallest absolute Gasteiger partial charge is 0.394 e. The van der Waals surface area contributed by atoms with E-state index in [0.717, 1.165) is 25.1 Å². The minimum Gasteiger partial charge on any atom is -0.466 e. The predicted molar refractivity (Wildman–Crippen MR) is 113 cm³/mol. The van der Waals surface area contributed by atoms with Crippen LogP contribution >= 0.6 is 0 Å². The highest BCUT2D eigenvalue weighted by molar-refractivity contribution is 7.79. The zero-order valence-corrected chi connectivity index (χ0v) is 17.8. The third-order valence-corrected chi connectivity index (χ3v) is 3.58. The number of nitrogens with two attached hydrogens (primary N) is 1. The molecule has 3 rings (SSSR count). The molecule has 2 aliphatic rings. The molecule has 0 atom stereocenters. The molecule has 2 aliphatic carbocycles. The van der Waals surface area contributed by atoms with Crippen LogP contribution < -0.4 is 11.3 Å². The summed E-state index contributed by atoms with van der Waals surface area (Å²) in [5.41, 5.74) is 6.02. The quantitative estimate of drug-likeness (QED) is 0.291. The number of aryl methyl sites for hydroxylation is 1. The summed E-state index contributed by atoms with van der Waals surface area (Å²) in [5, 5.41) is 3.01. The van der Waals surface area contributed by atoms with Crippen LogP contribution in [0.15, 0.2) is 10.9 Å². The van der Waals surface area contributed by atoms with E-state index in [1.807, 2.05) is 6.92 Å². The summed E-state index contributed by atoms with van der Waals surface area (Å²) < 4.78 is 37.7. The monoisotopic (exact) mass is 453 g/mol. The zero-order chi connectivity index (χ0) is 22.6. The van der Waals surface area contributed by atoms with Gasteiger partial charge in [-0.25, -0.2) is 0 Å². The van der Waals surface area contributed by atoms with Crippen molar-refractivity contribution in [1.82, 2.24) is 9.78 Å². The molecule has 0 aliphatic heterocycles. The number of hydrogen-bond acceptors (Lipinski definition) is 7. The van der Waals surface area contributed by atoms with Crippen molar-refractivity contribution in [1.29, 1.82) is 0 Å². The average molecular weight is 454 g/mol. The molecule has 0 spiro atoms. The standard InChI is InChI=1S/C8H12O3.C7H10N2O.C2H7N.CH4.H2O4S/c1-2-11-8(10)5-7(9)6-3-4-6;1-9-7(10)4-6(8-9)5-2-3-5;1-2-3;;1-5(2,3)4/h6H,2-5H2,1H3;4-5,8H,2-3H2,1H3;2-3H2,1H3;1H4;(H2,1,2,3,4). The van der Waals surface area contributed by atoms with Crippen LogP contribution in [0.3, 0.4) is 0 Å². The number of carbonyl (C=O) groups is 2. The van der Waals surface area contributed by atoms with E-state index >= 15 is 0 Å². The van der Waals surface area contributed by atoms with Crippen LogP contribution in [0.2, 0.25) is 0 Å². The maximum absolute atomic E-state index is 11.0. The zero-order valence-electron chi connectivity index (χ0n) is 17.0. The maximum Gasteiger partial charge on any atom is 0.394 e. The molecule has 2 saturated carbocycles. The minimum atomic E-state index is -4.67. The summed E-state index contributed by atoms with van der Waals surface area (Å²) in [7, 11) is -2.92. The molecule has 5 N–H and O–H groups in total. The van der Waals surface area contributed by atoms with Crippen molar-refractivity contribution in [3.05, 3.63) is 22.1 Å². The number of rotatable bonds is 5. The first-order valence-corrected chi connectivity index (χ1v) is 10.7. The Morgan fingerprint density at radius 1 is 1.23 bits per heavy atom. The van der Waals surface area contributed by atoms with Crippen molar-refractivity contribution >= 4 is 22.2 Å². The predicted octanol–water partition coefficient (Wildman–Crippen LogP) is 1.46. The van der Waals surface area contributed by atoms with Gasteiger partial charge in [0.1, 0.15) is 12.2 Å². The molecular formula is C18H35N3O8S. The third kappa shape index (κ3) is 16.9. The third-order valence-electron chi connectivity index (χ3n) is 3.58. The first kappa shape index (κ1) is 30.2. The van der Waals surface area contributed by atoms with E-state index in [2.05, 4.69) is 9.84 Å². The summed E-state index contributed by atoms with van der Waals surface area (Å²) in [6.45, 7) is 4.75. The van der Waals surface area contributed by atoms with E-state index in [0.29, 0.717) is 12.5 Å². The first-order valence-electron chi connectivity index (χ1n) is 9.27. The number of hydrogen-bond donors (Lipinski definition) is 4. The van der Waals surface area contributed by atoms with E-state index in [-0.39, 0.29) is 37.1 Å². The lowest BCUT2D eigenvalue weighted by Crippen LogP contribution is -2.12. The topological polar surface area (TPSA) is 182 Å². The molecule has 0 aromatic carbocycles. The fourth-order valence-corrected chi connectivity index (χ4v) is 2.02. The van der Waals surface area contributed by atoms with Crippen molar-refractivity contribution in [3.8, 4) is 0 Å². The highest BCUT2D eigenvalue weighted by Gasteiger charge is 2.30. The molecule has 1 aromatic heterocycles. The Bertz CT molecular complexity index is 785. The molecule has 0 amide bonds. The van der Waals surface area contributed by atoms with E-state index in [9.17, 15) is 14.4 Å². The van der Waals surface area contributed by atoms with Crippen LogP contribution in [0, 0.1) is 5.92 Å². The van der Waals surface area contributed by atoms with Crippen LogP contribution in [0.1, 0.15) is 65.0 Å². The lowest BCUT2D eigenvalue weighted by molar-refractivity contribution is -0.145. The number of H-pyrrole nitrogens is 1. The van der Waals surface area contributed by atoms with Crippen molar-refractivity contribution in [2.75, 3.05) is 13.2 Å². The van der Waals surface area contributed by atoms with Gasteiger partial charge in [-0.2, -0.15) is 8.42 Å². The van der Waals surface area contributed by atoms with Crippen molar-refractivity contribution < 1.29 is 31.8 Å². The van der Waals surface area contributed by atoms with Crippen molar-refractivity contribution in [2.24, 2.45) is 18.7 Å². The molecule has 12 heteroatoms. The summed E-state index contributed by atoms with van der Waals surface area (Å²) in [5.74, 6) is 0.473. The number of nitrogens with one attached hydrogen (secondary N) is 1. The molecule has 2 fully saturated rings. The van der Waals surface area contributed by atoms with Gasteiger partial charge >= 0.3 is 16.4 Å². The van der Waals surface area contributed by atoms with E-state index in [1.165, 1.54) is 17.5 Å². The Kier molecular flexibility index (Phi) is 15.0. The summed E-state index contributed by atoms with van der Waals surface area (Å²) in [6.07, 6.45) is 4.36. The second-order valence-corrected chi connectivity index (χ2v) is 7.36. The minimum absolute atomic E-state index is 0. The Labute approximate surface area is 177 Å². The number of Topliss-reactive ketones (excluding diaryl/α,β-unsaturated/α-hetero) is 1. The summed E-state index contributed by atoms with van der Waals surface area (Å²) in [4.78, 5) is 32.6. The lowest BCUT2D eigenvalue weighted by Gasteiger charge is -1.98. The molecule has 0 saturated heterocycles. The van der Waals surface area contributed by atoms with Gasteiger partial charge < -0.3 is 10.5 Å². The normalized spacial score (nSPS) is 14.3. The fraction of sp³-hybridized carbons (Fsp3) is 0.722. The largest absolute Gasteiger partial charge is 0.466 e. The molecule has 1 heterocycles. The second kappa shape index (κ2) is 14.9. The molecule has 0 unspecified atom stereocenters. The van der Waals surface area contributed by atoms with Gasteiger partial charge in [-0.15, -0.1) is 0 Å². The van der Waals surface area contributed by atoms with Gasteiger partial charge in [0, 0.05) is 30.6 Å². The summed E-state index contributed by atoms with van der Waals surface area (Å²) in [6, 6.07) is 1.69. The van der Waals surface area contributed by atoms with Gasteiger partial charge in [-0.3, -0.25) is 33.3 Å². The summed E-state index contributed by atoms with van der Waals surface area (Å²) >= 11 is 0. The fourth-order valence-electron chi connectivity index (χ4n) is 2.02. The molecule has 176 valence electrons. The molecule has 0 radical (unpaired) electrons. The van der Waals surface area contributed by atoms with E-state index in [1.54, 1.807) is 20.0 Å². The highest BCUT2D eigenvalue weighted by atomic mass is 32.3. The van der Waals surface area contributed by atoms with Gasteiger partial charge in [0.2, 0.25) is 0 Å². The van der Waals surface area contributed by atoms with Crippen LogP contribution in [0.25, 0.3) is 0 Å². The van der Waals surface area contributed by atoms with Crippen LogP contribution in [-0.4, -0.2) is 52.2 Å². The number of aromatic nitrogens is 2. The van der Waals surface area contributed by atoms with E-state index < -0.39 is 10.4 Å². The molecule has 1 aromatic rings. The molecule has 30 heavy (non-hydrogen) atoms. The van der Waals surface area contributed by atoms with Crippen LogP contribution in [0.4, 0.5) is 0 Å². The molecule has 0 bridgehead atoms. The average Bonchev–Trinajstić information content (AvgIpc) is 3.46. The van der Waals surface area contributed by atoms with Gasteiger partial charge in [0.25, 0.3) is 5.56 Å². The van der Waals surface area contributed by atoms with Crippen molar-refractivity contribution in [3.63, 3.8) is 0 Å². The maximum atomic E-state index is 11.0. The number of ketones is 1. The highest BCUT2D eigenvalue weighted by Crippen LogP contribution is 2.38. The Morgan fingerprint density at radius 3 is 2.00 bits per heavy atom. The van der Waals surface area contributed by atoms with Gasteiger partial charge in [0.15, 0.2) is 0 Å². The number of nitrogens with zero attached hydrogens (tertiary/aromatic N) is 1. The second-order valence-electron chi connectivity index (χ2n) is 6.46. The number of esters is 1. The van der Waals surface area contributed by atoms with E-state index in [4.69, 9.17) is 23.3 Å². The van der Waals surface area contributed by atoms with Crippen LogP contribution in [0.5, 0.6) is 0 Å². The van der Waals surface area contributed by atoms with Gasteiger partial charge in [-0.05, 0) is 39.2 Å². The lowest BCUT2D eigenvalue weighted by atomic mass is 10.2. The Hall–Kier alpha value is -2.02.